The Bertz CT molecular complexity index is 583. The topological polar surface area (TPSA) is 34.1 Å². The molecular formula is C18H22N2O. The molecule has 110 valence electrons. The second kappa shape index (κ2) is 6.72. The van der Waals surface area contributed by atoms with Crippen LogP contribution in [0.5, 0.6) is 5.75 Å². The Hall–Kier alpha value is -1.87. The van der Waals surface area contributed by atoms with Gasteiger partial charge in [0.05, 0.1) is 6.61 Å². The van der Waals surface area contributed by atoms with Gasteiger partial charge in [0.15, 0.2) is 0 Å². The molecule has 1 atom stereocenters. The van der Waals surface area contributed by atoms with Gasteiger partial charge >= 0.3 is 0 Å². The minimum atomic E-state index is 0.369. The van der Waals surface area contributed by atoms with Gasteiger partial charge in [-0.25, -0.2) is 0 Å². The summed E-state index contributed by atoms with van der Waals surface area (Å²) < 4.78 is 5.57. The molecule has 0 amide bonds. The second-order valence-corrected chi connectivity index (χ2v) is 5.48. The molecule has 2 heterocycles. The van der Waals surface area contributed by atoms with Crippen LogP contribution in [0.4, 0.5) is 0 Å². The molecule has 0 aliphatic carbocycles. The number of rotatable bonds is 6. The first-order valence-electron chi connectivity index (χ1n) is 7.74. The Morgan fingerprint density at radius 1 is 1.33 bits per heavy atom. The summed E-state index contributed by atoms with van der Waals surface area (Å²) >= 11 is 0. The lowest BCUT2D eigenvalue weighted by molar-refractivity contribution is 0.357. The molecule has 1 unspecified atom stereocenters. The zero-order valence-electron chi connectivity index (χ0n) is 12.5. The van der Waals surface area contributed by atoms with Gasteiger partial charge in [-0.1, -0.05) is 25.1 Å². The zero-order valence-corrected chi connectivity index (χ0v) is 12.5. The molecule has 1 aliphatic rings. The molecule has 1 aliphatic heterocycles. The van der Waals surface area contributed by atoms with Gasteiger partial charge in [0.1, 0.15) is 5.75 Å². The van der Waals surface area contributed by atoms with Crippen LogP contribution in [0, 0.1) is 0 Å². The van der Waals surface area contributed by atoms with Crippen LogP contribution in [0.1, 0.15) is 36.1 Å². The fourth-order valence-corrected chi connectivity index (χ4v) is 2.92. The van der Waals surface area contributed by atoms with Gasteiger partial charge in [0.2, 0.25) is 0 Å². The third-order valence-electron chi connectivity index (χ3n) is 4.01. The van der Waals surface area contributed by atoms with E-state index in [1.54, 1.807) is 0 Å². The zero-order chi connectivity index (χ0) is 14.5. The number of ether oxygens (including phenoxy) is 1. The third-order valence-corrected chi connectivity index (χ3v) is 4.01. The van der Waals surface area contributed by atoms with E-state index in [-0.39, 0.29) is 0 Å². The van der Waals surface area contributed by atoms with E-state index in [0.29, 0.717) is 6.04 Å². The Morgan fingerprint density at radius 3 is 3.10 bits per heavy atom. The van der Waals surface area contributed by atoms with Gasteiger partial charge in [-0.2, -0.15) is 0 Å². The normalized spacial score (nSPS) is 14.5. The smallest absolute Gasteiger partial charge is 0.122 e. The number of hydrogen-bond donors (Lipinski definition) is 1. The minimum Gasteiger partial charge on any atom is -0.493 e. The standard InChI is InChI=1S/C18H22N2O/c1-2-20-17(16-4-3-10-19-13-16)7-5-14-6-8-18-15(12-14)9-11-21-18/h3-4,6,8,10,12-13,17,20H,2,5,7,9,11H2,1H3. The molecule has 0 bridgehead atoms. The Morgan fingerprint density at radius 2 is 2.29 bits per heavy atom. The Kier molecular flexibility index (Phi) is 4.51. The molecule has 3 heteroatoms. The van der Waals surface area contributed by atoms with Gasteiger partial charge in [-0.05, 0) is 48.2 Å². The molecule has 3 nitrogen and oxygen atoms in total. The van der Waals surface area contributed by atoms with Crippen LogP contribution in [0.15, 0.2) is 42.7 Å². The average molecular weight is 282 g/mol. The molecule has 0 fully saturated rings. The van der Waals surface area contributed by atoms with Crippen LogP contribution in [0.3, 0.4) is 0 Å². The van der Waals surface area contributed by atoms with E-state index in [9.17, 15) is 0 Å². The lowest BCUT2D eigenvalue weighted by Gasteiger charge is -2.18. The Balaban J connectivity index is 1.67. The molecule has 2 aromatic rings. The number of pyridine rings is 1. The van der Waals surface area contributed by atoms with E-state index in [1.807, 2.05) is 18.5 Å². The van der Waals surface area contributed by atoms with Crippen molar-refractivity contribution in [1.29, 1.82) is 0 Å². The van der Waals surface area contributed by atoms with Crippen molar-refractivity contribution < 1.29 is 4.74 Å². The van der Waals surface area contributed by atoms with Gasteiger partial charge in [-0.15, -0.1) is 0 Å². The summed E-state index contributed by atoms with van der Waals surface area (Å²) in [6.07, 6.45) is 6.98. The summed E-state index contributed by atoms with van der Waals surface area (Å²) in [7, 11) is 0. The van der Waals surface area contributed by atoms with Crippen LogP contribution in [0.25, 0.3) is 0 Å². The highest BCUT2D eigenvalue weighted by atomic mass is 16.5. The van der Waals surface area contributed by atoms with Gasteiger partial charge < -0.3 is 10.1 Å². The predicted octanol–water partition coefficient (Wildman–Crippen LogP) is 3.30. The molecule has 1 N–H and O–H groups in total. The highest BCUT2D eigenvalue weighted by Gasteiger charge is 2.14. The van der Waals surface area contributed by atoms with Crippen LogP contribution < -0.4 is 10.1 Å². The molecule has 1 aromatic heterocycles. The number of nitrogens with zero attached hydrogens (tertiary/aromatic N) is 1. The van der Waals surface area contributed by atoms with Crippen LogP contribution in [-0.4, -0.2) is 18.1 Å². The lowest BCUT2D eigenvalue weighted by Crippen LogP contribution is -2.21. The number of aromatic nitrogens is 1. The maximum atomic E-state index is 5.57. The quantitative estimate of drug-likeness (QED) is 0.882. The van der Waals surface area contributed by atoms with Gasteiger partial charge in [0, 0.05) is 24.9 Å². The SMILES string of the molecule is CCNC(CCc1ccc2c(c1)CCO2)c1cccnc1. The summed E-state index contributed by atoms with van der Waals surface area (Å²) in [6, 6.07) is 11.1. The largest absolute Gasteiger partial charge is 0.493 e. The molecule has 1 aromatic carbocycles. The fraction of sp³-hybridized carbons (Fsp3) is 0.389. The van der Waals surface area contributed by atoms with Crippen molar-refractivity contribution in [1.82, 2.24) is 10.3 Å². The summed E-state index contributed by atoms with van der Waals surface area (Å²) in [5, 5.41) is 3.56. The van der Waals surface area contributed by atoms with E-state index >= 15 is 0 Å². The number of fused-ring (bicyclic) bond motifs is 1. The van der Waals surface area contributed by atoms with E-state index < -0.39 is 0 Å². The number of benzene rings is 1. The van der Waals surface area contributed by atoms with Crippen molar-refractivity contribution in [3.8, 4) is 5.75 Å². The predicted molar refractivity (Wildman–Crippen MR) is 84.6 cm³/mol. The van der Waals surface area contributed by atoms with Crippen molar-refractivity contribution in [3.63, 3.8) is 0 Å². The van der Waals surface area contributed by atoms with E-state index in [2.05, 4.69) is 41.5 Å². The number of hydrogen-bond acceptors (Lipinski definition) is 3. The average Bonchev–Trinajstić information content (AvgIpc) is 3.00. The summed E-state index contributed by atoms with van der Waals surface area (Å²) in [6.45, 7) is 3.95. The molecule has 3 rings (SSSR count). The first-order valence-corrected chi connectivity index (χ1v) is 7.74. The van der Waals surface area contributed by atoms with Gasteiger partial charge in [-0.3, -0.25) is 4.98 Å². The monoisotopic (exact) mass is 282 g/mol. The second-order valence-electron chi connectivity index (χ2n) is 5.48. The maximum absolute atomic E-state index is 5.57. The molecular weight excluding hydrogens is 260 g/mol. The van der Waals surface area contributed by atoms with Crippen molar-refractivity contribution in [2.45, 2.75) is 32.2 Å². The van der Waals surface area contributed by atoms with E-state index in [1.165, 1.54) is 16.7 Å². The van der Waals surface area contributed by atoms with Crippen LogP contribution in [-0.2, 0) is 12.8 Å². The lowest BCUT2D eigenvalue weighted by atomic mass is 9.98. The summed E-state index contributed by atoms with van der Waals surface area (Å²) in [4.78, 5) is 4.23. The number of nitrogens with one attached hydrogen (secondary N) is 1. The first-order chi connectivity index (χ1) is 10.4. The van der Waals surface area contributed by atoms with Gasteiger partial charge in [0.25, 0.3) is 0 Å². The third kappa shape index (κ3) is 3.42. The first kappa shape index (κ1) is 14.1. The fourth-order valence-electron chi connectivity index (χ4n) is 2.92. The van der Waals surface area contributed by atoms with E-state index in [0.717, 1.165) is 38.2 Å². The molecule has 0 saturated carbocycles. The van der Waals surface area contributed by atoms with E-state index in [4.69, 9.17) is 4.74 Å². The van der Waals surface area contributed by atoms with Crippen molar-refractivity contribution in [3.05, 3.63) is 59.4 Å². The minimum absolute atomic E-state index is 0.369. The van der Waals surface area contributed by atoms with Crippen LogP contribution in [0.2, 0.25) is 0 Å². The number of aryl methyl sites for hydroxylation is 1. The highest BCUT2D eigenvalue weighted by molar-refractivity contribution is 5.39. The Labute approximate surface area is 126 Å². The summed E-state index contributed by atoms with van der Waals surface area (Å²) in [5.41, 5.74) is 4.02. The molecule has 0 saturated heterocycles. The molecule has 0 radical (unpaired) electrons. The highest BCUT2D eigenvalue weighted by Crippen LogP contribution is 2.27. The maximum Gasteiger partial charge on any atom is 0.122 e. The summed E-state index contributed by atoms with van der Waals surface area (Å²) in [5.74, 6) is 1.06. The van der Waals surface area contributed by atoms with Crippen molar-refractivity contribution >= 4 is 0 Å². The molecule has 0 spiro atoms. The molecule has 21 heavy (non-hydrogen) atoms. The van der Waals surface area contributed by atoms with Crippen LogP contribution >= 0.6 is 0 Å². The van der Waals surface area contributed by atoms with Crippen molar-refractivity contribution in [2.24, 2.45) is 0 Å². The van der Waals surface area contributed by atoms with Crippen molar-refractivity contribution in [2.75, 3.05) is 13.2 Å².